The van der Waals surface area contributed by atoms with Gasteiger partial charge in [-0.1, -0.05) is 25.1 Å². The normalized spacial score (nSPS) is 10.8. The molecule has 20 heavy (non-hydrogen) atoms. The molecule has 0 radical (unpaired) electrons. The zero-order valence-corrected chi connectivity index (χ0v) is 12.4. The summed E-state index contributed by atoms with van der Waals surface area (Å²) in [7, 11) is 1.83. The van der Waals surface area contributed by atoms with E-state index in [4.69, 9.17) is 10.00 Å². The smallest absolute Gasteiger partial charge is 0.350 e. The fourth-order valence-corrected chi connectivity index (χ4v) is 2.10. The van der Waals surface area contributed by atoms with Gasteiger partial charge in [-0.3, -0.25) is 0 Å². The van der Waals surface area contributed by atoms with Crippen LogP contribution < -0.4 is 4.90 Å². The summed E-state index contributed by atoms with van der Waals surface area (Å²) in [6.07, 6.45) is 2.41. The summed E-state index contributed by atoms with van der Waals surface area (Å²) in [5.74, 6) is -0.589. The Morgan fingerprint density at radius 1 is 1.45 bits per heavy atom. The molecule has 0 aliphatic heterocycles. The lowest BCUT2D eigenvalue weighted by molar-refractivity contribution is -0.138. The van der Waals surface area contributed by atoms with E-state index in [0.717, 1.165) is 17.7 Å². The number of benzene rings is 1. The SMILES string of the molecule is CCOC(=O)/C(C#N)=C/N(C)c1c(C)cccc1CC. The second-order valence-corrected chi connectivity index (χ2v) is 4.42. The maximum Gasteiger partial charge on any atom is 0.350 e. The lowest BCUT2D eigenvalue weighted by Crippen LogP contribution is -2.16. The van der Waals surface area contributed by atoms with Crippen molar-refractivity contribution in [1.29, 1.82) is 5.26 Å². The minimum Gasteiger partial charge on any atom is -0.462 e. The third-order valence-electron chi connectivity index (χ3n) is 2.99. The van der Waals surface area contributed by atoms with Gasteiger partial charge in [0.15, 0.2) is 5.57 Å². The highest BCUT2D eigenvalue weighted by Gasteiger charge is 2.13. The molecule has 0 heterocycles. The van der Waals surface area contributed by atoms with Crippen LogP contribution >= 0.6 is 0 Å². The number of carbonyl (C=O) groups excluding carboxylic acids is 1. The minimum absolute atomic E-state index is 0.000318. The largest absolute Gasteiger partial charge is 0.462 e. The summed E-state index contributed by atoms with van der Waals surface area (Å²) < 4.78 is 4.86. The van der Waals surface area contributed by atoms with Gasteiger partial charge >= 0.3 is 5.97 Å². The third-order valence-corrected chi connectivity index (χ3v) is 2.99. The van der Waals surface area contributed by atoms with Gasteiger partial charge in [0.25, 0.3) is 0 Å². The molecule has 1 aromatic rings. The van der Waals surface area contributed by atoms with Gasteiger partial charge in [-0.15, -0.1) is 0 Å². The number of anilines is 1. The summed E-state index contributed by atoms with van der Waals surface area (Å²) in [5, 5.41) is 9.07. The first kappa shape index (κ1) is 15.8. The Morgan fingerprint density at radius 2 is 2.15 bits per heavy atom. The van der Waals surface area contributed by atoms with Crippen LogP contribution in [-0.2, 0) is 16.0 Å². The molecule has 4 nitrogen and oxygen atoms in total. The van der Waals surface area contributed by atoms with Crippen molar-refractivity contribution in [3.05, 3.63) is 41.1 Å². The van der Waals surface area contributed by atoms with Crippen molar-refractivity contribution in [3.63, 3.8) is 0 Å². The van der Waals surface area contributed by atoms with Crippen LogP contribution in [0, 0.1) is 18.3 Å². The van der Waals surface area contributed by atoms with Gasteiger partial charge < -0.3 is 9.64 Å². The van der Waals surface area contributed by atoms with Crippen molar-refractivity contribution in [2.24, 2.45) is 0 Å². The van der Waals surface area contributed by atoms with Crippen LogP contribution in [0.4, 0.5) is 5.69 Å². The van der Waals surface area contributed by atoms with Crippen molar-refractivity contribution in [2.45, 2.75) is 27.2 Å². The first-order chi connectivity index (χ1) is 9.54. The second kappa shape index (κ2) is 7.34. The molecule has 4 heteroatoms. The third kappa shape index (κ3) is 3.61. The summed E-state index contributed by atoms with van der Waals surface area (Å²) >= 11 is 0. The Hall–Kier alpha value is -2.28. The molecule has 0 saturated carbocycles. The Kier molecular flexibility index (Phi) is 5.79. The zero-order valence-electron chi connectivity index (χ0n) is 12.4. The number of esters is 1. The van der Waals surface area contributed by atoms with Crippen molar-refractivity contribution >= 4 is 11.7 Å². The molecule has 0 N–H and O–H groups in total. The molecule has 0 aliphatic carbocycles. The van der Waals surface area contributed by atoms with E-state index in [1.807, 2.05) is 43.1 Å². The van der Waals surface area contributed by atoms with Crippen molar-refractivity contribution < 1.29 is 9.53 Å². The molecule has 106 valence electrons. The molecule has 0 fully saturated rings. The molecule has 0 saturated heterocycles. The van der Waals surface area contributed by atoms with E-state index in [2.05, 4.69) is 6.92 Å². The predicted molar refractivity (Wildman–Crippen MR) is 79.3 cm³/mol. The van der Waals surface area contributed by atoms with Crippen molar-refractivity contribution in [3.8, 4) is 6.07 Å². The van der Waals surface area contributed by atoms with Crippen LogP contribution in [0.25, 0.3) is 0 Å². The van der Waals surface area contributed by atoms with Gasteiger partial charge in [0.2, 0.25) is 0 Å². The number of nitrogens with zero attached hydrogens (tertiary/aromatic N) is 2. The number of rotatable bonds is 5. The number of carbonyl (C=O) groups is 1. The molecule has 0 atom stereocenters. The van der Waals surface area contributed by atoms with Crippen molar-refractivity contribution in [1.82, 2.24) is 0 Å². The van der Waals surface area contributed by atoms with Crippen LogP contribution in [0.2, 0.25) is 0 Å². The van der Waals surface area contributed by atoms with E-state index in [1.54, 1.807) is 6.92 Å². The molecule has 0 aromatic heterocycles. The van der Waals surface area contributed by atoms with Crippen LogP contribution in [-0.4, -0.2) is 19.6 Å². The topological polar surface area (TPSA) is 53.3 Å². The molecule has 0 aliphatic rings. The summed E-state index contributed by atoms with van der Waals surface area (Å²) in [5.41, 5.74) is 3.29. The van der Waals surface area contributed by atoms with Gasteiger partial charge in [0.1, 0.15) is 6.07 Å². The van der Waals surface area contributed by atoms with E-state index in [9.17, 15) is 4.79 Å². The molecule has 1 rings (SSSR count). The number of ether oxygens (including phenoxy) is 1. The fraction of sp³-hybridized carbons (Fsp3) is 0.375. The van der Waals surface area contributed by atoms with Crippen molar-refractivity contribution in [2.75, 3.05) is 18.6 Å². The van der Waals surface area contributed by atoms with Gasteiger partial charge in [-0.2, -0.15) is 5.26 Å². The number of aryl methyl sites for hydroxylation is 2. The molecule has 0 spiro atoms. The Bertz CT molecular complexity index is 556. The molecular weight excluding hydrogens is 252 g/mol. The van der Waals surface area contributed by atoms with Crippen LogP contribution in [0.3, 0.4) is 0 Å². The Labute approximate surface area is 120 Å². The molecule has 0 amide bonds. The summed E-state index contributed by atoms with van der Waals surface area (Å²) in [4.78, 5) is 13.4. The first-order valence-corrected chi connectivity index (χ1v) is 6.65. The lowest BCUT2D eigenvalue weighted by Gasteiger charge is -2.21. The predicted octanol–water partition coefficient (Wildman–Crippen LogP) is 2.96. The molecular formula is C16H20N2O2. The second-order valence-electron chi connectivity index (χ2n) is 4.42. The molecule has 0 bridgehead atoms. The minimum atomic E-state index is -0.589. The van der Waals surface area contributed by atoms with Crippen LogP contribution in [0.1, 0.15) is 25.0 Å². The number of nitriles is 1. The average Bonchev–Trinajstić information content (AvgIpc) is 2.44. The highest BCUT2D eigenvalue weighted by molar-refractivity contribution is 5.93. The highest BCUT2D eigenvalue weighted by Crippen LogP contribution is 2.25. The van der Waals surface area contributed by atoms with E-state index in [1.165, 1.54) is 11.8 Å². The van der Waals surface area contributed by atoms with Gasteiger partial charge in [-0.05, 0) is 31.4 Å². The summed E-state index contributed by atoms with van der Waals surface area (Å²) in [6, 6.07) is 7.95. The van der Waals surface area contributed by atoms with Crippen LogP contribution in [0.15, 0.2) is 30.0 Å². The quantitative estimate of drug-likeness (QED) is 0.470. The molecule has 1 aromatic carbocycles. The standard InChI is InChI=1S/C16H20N2O2/c1-5-13-9-7-8-12(3)15(13)18(4)11-14(10-17)16(19)20-6-2/h7-9,11H,5-6H2,1-4H3/b14-11+. The zero-order chi connectivity index (χ0) is 15.1. The average molecular weight is 272 g/mol. The van der Waals surface area contributed by atoms with Gasteiger partial charge in [-0.25, -0.2) is 4.79 Å². The van der Waals surface area contributed by atoms with E-state index in [0.29, 0.717) is 0 Å². The first-order valence-electron chi connectivity index (χ1n) is 6.65. The maximum atomic E-state index is 11.6. The van der Waals surface area contributed by atoms with Gasteiger partial charge in [0, 0.05) is 18.9 Å². The summed E-state index contributed by atoms with van der Waals surface area (Å²) in [6.45, 7) is 6.06. The number of para-hydroxylation sites is 1. The van der Waals surface area contributed by atoms with Crippen LogP contribution in [0.5, 0.6) is 0 Å². The number of hydrogen-bond acceptors (Lipinski definition) is 4. The Morgan fingerprint density at radius 3 is 2.70 bits per heavy atom. The monoisotopic (exact) mass is 272 g/mol. The van der Waals surface area contributed by atoms with E-state index in [-0.39, 0.29) is 12.2 Å². The van der Waals surface area contributed by atoms with E-state index < -0.39 is 5.97 Å². The lowest BCUT2D eigenvalue weighted by atomic mass is 10.0. The highest BCUT2D eigenvalue weighted by atomic mass is 16.5. The fourth-order valence-electron chi connectivity index (χ4n) is 2.10. The Balaban J connectivity index is 3.15. The maximum absolute atomic E-state index is 11.6. The van der Waals surface area contributed by atoms with Gasteiger partial charge in [0.05, 0.1) is 6.61 Å². The number of hydrogen-bond donors (Lipinski definition) is 0. The van der Waals surface area contributed by atoms with E-state index >= 15 is 0 Å². The molecule has 0 unspecified atom stereocenters.